The van der Waals surface area contributed by atoms with Gasteiger partial charge in [0.25, 0.3) is 0 Å². The molecule has 4 rings (SSSR count). The minimum absolute atomic E-state index is 0.125. The largest absolute Gasteiger partial charge is 0.497 e. The Hall–Kier alpha value is -2.86. The number of furan rings is 1. The molecule has 1 aliphatic rings. The fraction of sp³-hybridized carbons (Fsp3) is 0.423. The summed E-state index contributed by atoms with van der Waals surface area (Å²) in [6, 6.07) is 9.20. The Labute approximate surface area is 199 Å². The van der Waals surface area contributed by atoms with Gasteiger partial charge in [0.2, 0.25) is 0 Å². The Balaban J connectivity index is 1.53. The van der Waals surface area contributed by atoms with E-state index in [9.17, 15) is 4.79 Å². The summed E-state index contributed by atoms with van der Waals surface area (Å²) in [6.45, 7) is 3.31. The van der Waals surface area contributed by atoms with Crippen LogP contribution in [0.15, 0.2) is 41.0 Å². The Morgan fingerprint density at radius 2 is 2.00 bits per heavy atom. The summed E-state index contributed by atoms with van der Waals surface area (Å²) < 4.78 is 22.5. The highest BCUT2D eigenvalue weighted by atomic mass is 35.5. The molecule has 1 heterocycles. The number of hydrogen-bond acceptors (Lipinski definition) is 6. The van der Waals surface area contributed by atoms with E-state index in [4.69, 9.17) is 30.2 Å². The maximum Gasteiger partial charge on any atom is 0.310 e. The molecule has 6 nitrogen and oxygen atoms in total. The lowest BCUT2D eigenvalue weighted by Crippen LogP contribution is -2.11. The maximum atomic E-state index is 12.0. The van der Waals surface area contributed by atoms with Gasteiger partial charge in [-0.15, -0.1) is 0 Å². The van der Waals surface area contributed by atoms with E-state index in [1.165, 1.54) is 25.7 Å². The van der Waals surface area contributed by atoms with Gasteiger partial charge in [-0.3, -0.25) is 4.79 Å². The number of ether oxygens (including phenoxy) is 3. The van der Waals surface area contributed by atoms with Crippen LogP contribution in [0.3, 0.4) is 0 Å². The number of carbonyl (C=O) groups is 1. The predicted octanol–water partition coefficient (Wildman–Crippen LogP) is 6.38. The number of fused-ring (bicyclic) bond motifs is 1. The van der Waals surface area contributed by atoms with E-state index in [2.05, 4.69) is 5.32 Å². The molecule has 0 radical (unpaired) electrons. The lowest BCUT2D eigenvalue weighted by Gasteiger charge is -2.13. The molecule has 3 aromatic rings. The molecule has 1 saturated carbocycles. The third-order valence-electron chi connectivity index (χ3n) is 6.07. The van der Waals surface area contributed by atoms with E-state index in [1.54, 1.807) is 32.4 Å². The Kier molecular flexibility index (Phi) is 7.65. The summed E-state index contributed by atoms with van der Waals surface area (Å²) in [7, 11) is 1.59. The molecule has 1 fully saturated rings. The minimum Gasteiger partial charge on any atom is -0.497 e. The molecule has 7 heteroatoms. The molecule has 2 aromatic carbocycles. The average Bonchev–Trinajstić information content (AvgIpc) is 3.47. The van der Waals surface area contributed by atoms with Crippen LogP contribution in [0.2, 0.25) is 5.02 Å². The van der Waals surface area contributed by atoms with Crippen molar-refractivity contribution in [1.29, 1.82) is 0 Å². The first-order valence-electron chi connectivity index (χ1n) is 11.5. The third kappa shape index (κ3) is 5.74. The molecule has 0 aliphatic heterocycles. The lowest BCUT2D eigenvalue weighted by molar-refractivity contribution is -0.142. The number of benzene rings is 2. The molecule has 176 valence electrons. The molecule has 33 heavy (non-hydrogen) atoms. The summed E-state index contributed by atoms with van der Waals surface area (Å²) >= 11 is 6.43. The van der Waals surface area contributed by atoms with Crippen molar-refractivity contribution in [3.63, 3.8) is 0 Å². The molecule has 1 aliphatic carbocycles. The zero-order valence-electron chi connectivity index (χ0n) is 19.1. The molecular weight excluding hydrogens is 442 g/mol. The van der Waals surface area contributed by atoms with Crippen molar-refractivity contribution in [1.82, 2.24) is 0 Å². The molecule has 0 amide bonds. The Morgan fingerprint density at radius 3 is 2.76 bits per heavy atom. The summed E-state index contributed by atoms with van der Waals surface area (Å²) in [5.41, 5.74) is 3.29. The van der Waals surface area contributed by atoms with Gasteiger partial charge in [0, 0.05) is 34.1 Å². The van der Waals surface area contributed by atoms with Crippen molar-refractivity contribution in [3.05, 3.63) is 52.7 Å². The number of methoxy groups -OCH3 is 1. The van der Waals surface area contributed by atoms with E-state index in [-0.39, 0.29) is 19.0 Å². The molecular formula is C26H30ClNO5. The molecule has 0 spiro atoms. The second kappa shape index (κ2) is 10.8. The number of carbonyl (C=O) groups excluding carboxylic acids is 1. The SMILES string of the molecule is CCOC(=O)Cc1ccc(OC)cc1OCc1coc2c(NCC3CCCC3)cc(Cl)cc12. The first-order valence-corrected chi connectivity index (χ1v) is 11.8. The smallest absolute Gasteiger partial charge is 0.310 e. The van der Waals surface area contributed by atoms with Crippen LogP contribution in [0, 0.1) is 5.92 Å². The van der Waals surface area contributed by atoms with Crippen LogP contribution in [0.1, 0.15) is 43.7 Å². The number of esters is 1. The van der Waals surface area contributed by atoms with Crippen LogP contribution in [-0.2, 0) is 22.6 Å². The van der Waals surface area contributed by atoms with Crippen molar-refractivity contribution >= 4 is 34.2 Å². The third-order valence-corrected chi connectivity index (χ3v) is 6.29. The van der Waals surface area contributed by atoms with Gasteiger partial charge in [0.15, 0.2) is 5.58 Å². The van der Waals surface area contributed by atoms with E-state index in [0.29, 0.717) is 29.0 Å². The monoisotopic (exact) mass is 471 g/mol. The minimum atomic E-state index is -0.300. The zero-order valence-corrected chi connectivity index (χ0v) is 19.9. The van der Waals surface area contributed by atoms with Crippen LogP contribution in [0.25, 0.3) is 11.0 Å². The van der Waals surface area contributed by atoms with Crippen LogP contribution in [-0.4, -0.2) is 26.2 Å². The van der Waals surface area contributed by atoms with E-state index < -0.39 is 0 Å². The molecule has 0 saturated heterocycles. The second-order valence-corrected chi connectivity index (χ2v) is 8.80. The Bertz CT molecular complexity index is 1100. The fourth-order valence-corrected chi connectivity index (χ4v) is 4.55. The van der Waals surface area contributed by atoms with Gasteiger partial charge in [0.05, 0.1) is 32.1 Å². The molecule has 0 bridgehead atoms. The summed E-state index contributed by atoms with van der Waals surface area (Å²) in [5, 5.41) is 5.08. The molecule has 1 N–H and O–H groups in total. The van der Waals surface area contributed by atoms with Crippen LogP contribution in [0.5, 0.6) is 11.5 Å². The van der Waals surface area contributed by atoms with Crippen molar-refractivity contribution < 1.29 is 23.4 Å². The topological polar surface area (TPSA) is 69.9 Å². The number of rotatable bonds is 10. The van der Waals surface area contributed by atoms with Crippen molar-refractivity contribution in [2.45, 2.75) is 45.6 Å². The van der Waals surface area contributed by atoms with Gasteiger partial charge in [-0.05, 0) is 43.9 Å². The molecule has 1 aromatic heterocycles. The van der Waals surface area contributed by atoms with Gasteiger partial charge in [0.1, 0.15) is 18.1 Å². The zero-order chi connectivity index (χ0) is 23.2. The van der Waals surface area contributed by atoms with Gasteiger partial charge in [-0.1, -0.05) is 30.5 Å². The average molecular weight is 472 g/mol. The second-order valence-electron chi connectivity index (χ2n) is 8.37. The number of hydrogen-bond donors (Lipinski definition) is 1. The van der Waals surface area contributed by atoms with Crippen LogP contribution in [0.4, 0.5) is 5.69 Å². The highest BCUT2D eigenvalue weighted by molar-refractivity contribution is 6.31. The summed E-state index contributed by atoms with van der Waals surface area (Å²) in [4.78, 5) is 12.0. The van der Waals surface area contributed by atoms with Gasteiger partial charge < -0.3 is 23.9 Å². The predicted molar refractivity (Wildman–Crippen MR) is 129 cm³/mol. The summed E-state index contributed by atoms with van der Waals surface area (Å²) in [5.74, 6) is 1.61. The highest BCUT2D eigenvalue weighted by Crippen LogP contribution is 2.34. The van der Waals surface area contributed by atoms with Gasteiger partial charge >= 0.3 is 5.97 Å². The normalized spacial score (nSPS) is 13.9. The molecule has 0 unspecified atom stereocenters. The van der Waals surface area contributed by atoms with Crippen LogP contribution >= 0.6 is 11.6 Å². The highest BCUT2D eigenvalue weighted by Gasteiger charge is 2.18. The quantitative estimate of drug-likeness (QED) is 0.346. The van der Waals surface area contributed by atoms with E-state index in [1.807, 2.05) is 18.2 Å². The van der Waals surface area contributed by atoms with Crippen molar-refractivity contribution in [2.75, 3.05) is 25.6 Å². The number of halogens is 1. The maximum absolute atomic E-state index is 12.0. The van der Waals surface area contributed by atoms with E-state index in [0.717, 1.165) is 34.3 Å². The summed E-state index contributed by atoms with van der Waals surface area (Å²) in [6.07, 6.45) is 6.97. The number of anilines is 1. The van der Waals surface area contributed by atoms with Gasteiger partial charge in [-0.2, -0.15) is 0 Å². The van der Waals surface area contributed by atoms with Crippen LogP contribution < -0.4 is 14.8 Å². The van der Waals surface area contributed by atoms with Crippen molar-refractivity contribution in [3.8, 4) is 11.5 Å². The first-order chi connectivity index (χ1) is 16.1. The van der Waals surface area contributed by atoms with Crippen molar-refractivity contribution in [2.24, 2.45) is 5.92 Å². The van der Waals surface area contributed by atoms with E-state index >= 15 is 0 Å². The molecule has 0 atom stereocenters. The first kappa shape index (κ1) is 23.3. The van der Waals surface area contributed by atoms with Gasteiger partial charge in [-0.25, -0.2) is 0 Å². The Morgan fingerprint density at radius 1 is 1.18 bits per heavy atom. The number of nitrogens with one attached hydrogen (secondary N) is 1. The standard InChI is InChI=1S/C26H30ClNO5/c1-3-31-25(29)10-18-8-9-21(30-2)13-24(18)32-15-19-16-33-26-22(19)11-20(27)12-23(26)28-14-17-6-4-5-7-17/h8-9,11-13,16-17,28H,3-7,10,14-15H2,1-2H3. The fourth-order valence-electron chi connectivity index (χ4n) is 4.33. The lowest BCUT2D eigenvalue weighted by atomic mass is 10.1.